The number of hydrogen-bond acceptors (Lipinski definition) is 7. The first-order chi connectivity index (χ1) is 19.7. The molecule has 4 aliphatic rings. The molecule has 0 aromatic carbocycles. The van der Waals surface area contributed by atoms with Crippen LogP contribution >= 0.6 is 0 Å². The molecule has 4 aliphatic heterocycles. The van der Waals surface area contributed by atoms with Crippen LogP contribution in [0.3, 0.4) is 0 Å². The lowest BCUT2D eigenvalue weighted by Crippen LogP contribution is -2.63. The summed E-state index contributed by atoms with van der Waals surface area (Å²) >= 11 is 0. The van der Waals surface area contributed by atoms with Gasteiger partial charge in [-0.1, -0.05) is 19.8 Å². The summed E-state index contributed by atoms with van der Waals surface area (Å²) in [6.07, 6.45) is 11.8. The molecule has 0 saturated carbocycles. The minimum absolute atomic E-state index is 0.0446. The van der Waals surface area contributed by atoms with E-state index in [1.54, 1.807) is 0 Å². The fourth-order valence-electron chi connectivity index (χ4n) is 7.69. The van der Waals surface area contributed by atoms with Crippen molar-refractivity contribution in [1.82, 2.24) is 24.7 Å². The van der Waals surface area contributed by atoms with Crippen LogP contribution in [-0.4, -0.2) is 100 Å². The van der Waals surface area contributed by atoms with E-state index in [0.29, 0.717) is 17.4 Å². The first-order valence-corrected chi connectivity index (χ1v) is 16.1. The third-order valence-corrected chi connectivity index (χ3v) is 10.7. The van der Waals surface area contributed by atoms with Gasteiger partial charge in [-0.05, 0) is 65.2 Å². The topological polar surface area (TPSA) is 88.1 Å². The molecule has 4 fully saturated rings. The molecule has 5 heterocycles. The predicted molar refractivity (Wildman–Crippen MR) is 158 cm³/mol. The van der Waals surface area contributed by atoms with Gasteiger partial charge in [0.15, 0.2) is 0 Å². The number of amides is 2. The second kappa shape index (κ2) is 12.9. The number of aryl methyl sites for hydroxylation is 2. The molecule has 0 N–H and O–H groups in total. The molecule has 5 rings (SSSR count). The second-order valence-corrected chi connectivity index (χ2v) is 13.3. The third-order valence-electron chi connectivity index (χ3n) is 10.7. The molecule has 1 aromatic heterocycles. The molecule has 1 atom stereocenters. The molecule has 41 heavy (non-hydrogen) atoms. The summed E-state index contributed by atoms with van der Waals surface area (Å²) in [4.78, 5) is 41.7. The number of unbranched alkanes of at least 4 members (excludes halogenated alkanes) is 1. The Morgan fingerprint density at radius 1 is 1.00 bits per heavy atom. The molecule has 0 bridgehead atoms. The van der Waals surface area contributed by atoms with Gasteiger partial charge < -0.3 is 19.3 Å². The Hall–Kier alpha value is -2.26. The smallest absolute Gasteiger partial charge is 0.410 e. The van der Waals surface area contributed by atoms with Gasteiger partial charge in [-0.2, -0.15) is 0 Å². The Morgan fingerprint density at radius 2 is 1.66 bits per heavy atom. The fraction of sp³-hybridized carbons (Fsp3) is 0.812. The van der Waals surface area contributed by atoms with Gasteiger partial charge in [-0.3, -0.25) is 9.69 Å². The fourth-order valence-corrected chi connectivity index (χ4v) is 7.69. The average Bonchev–Trinajstić information content (AvgIpc) is 2.97. The van der Waals surface area contributed by atoms with Gasteiger partial charge in [0.05, 0.1) is 17.0 Å². The minimum Gasteiger partial charge on any atom is -0.442 e. The summed E-state index contributed by atoms with van der Waals surface area (Å²) in [6.45, 7) is 15.1. The Kier molecular flexibility index (Phi) is 9.53. The van der Waals surface area contributed by atoms with Crippen molar-refractivity contribution < 1.29 is 19.1 Å². The maximum atomic E-state index is 13.3. The molecule has 1 aromatic rings. The zero-order valence-electron chi connectivity index (χ0n) is 25.8. The first kappa shape index (κ1) is 30.2. The van der Waals surface area contributed by atoms with E-state index in [2.05, 4.69) is 28.7 Å². The van der Waals surface area contributed by atoms with E-state index in [0.717, 1.165) is 122 Å². The van der Waals surface area contributed by atoms with E-state index in [9.17, 15) is 9.59 Å². The quantitative estimate of drug-likeness (QED) is 0.435. The maximum absolute atomic E-state index is 13.3. The summed E-state index contributed by atoms with van der Waals surface area (Å²) < 4.78 is 12.0. The summed E-state index contributed by atoms with van der Waals surface area (Å²) in [5.41, 5.74) is 1.85. The van der Waals surface area contributed by atoms with Gasteiger partial charge in [0.2, 0.25) is 0 Å². The number of nitrogens with zero attached hydrogens (tertiary/aromatic N) is 5. The highest BCUT2D eigenvalue weighted by molar-refractivity contribution is 5.96. The number of rotatable bonds is 8. The highest BCUT2D eigenvalue weighted by atomic mass is 16.6. The van der Waals surface area contributed by atoms with E-state index < -0.39 is 0 Å². The number of piperidine rings is 2. The van der Waals surface area contributed by atoms with Gasteiger partial charge in [0, 0.05) is 76.8 Å². The van der Waals surface area contributed by atoms with E-state index in [-0.39, 0.29) is 23.1 Å². The zero-order valence-corrected chi connectivity index (χ0v) is 25.8. The highest BCUT2D eigenvalue weighted by Gasteiger charge is 2.51. The van der Waals surface area contributed by atoms with Crippen LogP contribution in [0.25, 0.3) is 0 Å². The van der Waals surface area contributed by atoms with E-state index >= 15 is 0 Å². The van der Waals surface area contributed by atoms with Crippen molar-refractivity contribution in [3.05, 3.63) is 23.3 Å². The average molecular weight is 570 g/mol. The first-order valence-electron chi connectivity index (χ1n) is 16.1. The van der Waals surface area contributed by atoms with Crippen molar-refractivity contribution >= 4 is 12.0 Å². The molecule has 4 saturated heterocycles. The van der Waals surface area contributed by atoms with Crippen molar-refractivity contribution in [2.45, 2.75) is 103 Å². The van der Waals surface area contributed by atoms with Crippen LogP contribution in [-0.2, 0) is 9.47 Å². The van der Waals surface area contributed by atoms with Crippen LogP contribution in [0.2, 0.25) is 0 Å². The molecule has 0 aliphatic carbocycles. The predicted octanol–water partition coefficient (Wildman–Crippen LogP) is 5.00. The SMILES string of the molecule is CCCC[C@H]1CN(CCC2CCOCC2)C(=O)OC12CCN(C1(C)CCN(C(=O)c3c(C)ncnc3C)CC1)CC2. The van der Waals surface area contributed by atoms with Crippen LogP contribution < -0.4 is 0 Å². The van der Waals surface area contributed by atoms with E-state index in [1.807, 2.05) is 23.6 Å². The van der Waals surface area contributed by atoms with Crippen molar-refractivity contribution in [3.8, 4) is 0 Å². The van der Waals surface area contributed by atoms with Crippen LogP contribution in [0.5, 0.6) is 0 Å². The lowest BCUT2D eigenvalue weighted by Gasteiger charge is -2.55. The summed E-state index contributed by atoms with van der Waals surface area (Å²) in [5, 5.41) is 0. The monoisotopic (exact) mass is 569 g/mol. The van der Waals surface area contributed by atoms with Crippen LogP contribution in [0.4, 0.5) is 4.79 Å². The van der Waals surface area contributed by atoms with E-state index in [4.69, 9.17) is 9.47 Å². The van der Waals surface area contributed by atoms with Crippen LogP contribution in [0, 0.1) is 25.7 Å². The lowest BCUT2D eigenvalue weighted by molar-refractivity contribution is -0.133. The molecular weight excluding hydrogens is 518 g/mol. The minimum atomic E-state index is -0.340. The number of likely N-dealkylation sites (tertiary alicyclic amines) is 2. The normalized spacial score (nSPS) is 25.4. The largest absolute Gasteiger partial charge is 0.442 e. The molecule has 2 amide bonds. The number of hydrogen-bond donors (Lipinski definition) is 0. The van der Waals surface area contributed by atoms with Crippen molar-refractivity contribution in [2.75, 3.05) is 52.5 Å². The van der Waals surface area contributed by atoms with Gasteiger partial charge in [0.1, 0.15) is 11.9 Å². The van der Waals surface area contributed by atoms with E-state index in [1.165, 1.54) is 12.7 Å². The Bertz CT molecular complexity index is 1040. The number of carbonyl (C=O) groups excluding carboxylic acids is 2. The molecule has 0 radical (unpaired) electrons. The maximum Gasteiger partial charge on any atom is 0.410 e. The van der Waals surface area contributed by atoms with Gasteiger partial charge in [-0.15, -0.1) is 0 Å². The van der Waals surface area contributed by atoms with Crippen molar-refractivity contribution in [2.24, 2.45) is 11.8 Å². The van der Waals surface area contributed by atoms with Gasteiger partial charge in [0.25, 0.3) is 5.91 Å². The number of carbonyl (C=O) groups is 2. The van der Waals surface area contributed by atoms with Crippen LogP contribution in [0.15, 0.2) is 6.33 Å². The Morgan fingerprint density at radius 3 is 2.29 bits per heavy atom. The summed E-state index contributed by atoms with van der Waals surface area (Å²) in [7, 11) is 0. The molecule has 228 valence electrons. The number of ether oxygens (including phenoxy) is 2. The van der Waals surface area contributed by atoms with Crippen LogP contribution in [0.1, 0.15) is 99.8 Å². The van der Waals surface area contributed by atoms with Gasteiger partial charge >= 0.3 is 6.09 Å². The second-order valence-electron chi connectivity index (χ2n) is 13.3. The molecule has 9 heteroatoms. The van der Waals surface area contributed by atoms with Gasteiger partial charge in [-0.25, -0.2) is 14.8 Å². The lowest BCUT2D eigenvalue weighted by atomic mass is 9.74. The summed E-state index contributed by atoms with van der Waals surface area (Å²) in [6, 6.07) is 0. The number of aromatic nitrogens is 2. The molecule has 1 spiro atoms. The molecule has 9 nitrogen and oxygen atoms in total. The highest BCUT2D eigenvalue weighted by Crippen LogP contribution is 2.43. The van der Waals surface area contributed by atoms with Crippen molar-refractivity contribution in [3.63, 3.8) is 0 Å². The molecule has 0 unspecified atom stereocenters. The van der Waals surface area contributed by atoms with Crippen molar-refractivity contribution in [1.29, 1.82) is 0 Å². The third kappa shape index (κ3) is 6.56. The molecular formula is C32H51N5O4. The standard InChI is InChI=1S/C32H51N5O4/c1-5-6-7-27-22-36(15-8-26-9-20-40-21-10-26)30(39)41-32(27)13-18-37(19-14-32)31(4)11-16-35(17-12-31)29(38)28-24(2)33-23-34-25(28)3/h23,26-27H,5-22H2,1-4H3/t27-/m0/s1. The zero-order chi connectivity index (χ0) is 29.0. The summed E-state index contributed by atoms with van der Waals surface area (Å²) in [5.74, 6) is 1.10. The Balaban J connectivity index is 1.17. The Labute approximate surface area is 246 Å².